The molecule has 6 nitrogen and oxygen atoms in total. The van der Waals surface area contributed by atoms with Gasteiger partial charge >= 0.3 is 11.9 Å². The number of esters is 2. The molecule has 0 fully saturated rings. The second kappa shape index (κ2) is 5.29. The lowest BCUT2D eigenvalue weighted by molar-refractivity contribution is -0.145. The first-order valence-corrected chi connectivity index (χ1v) is 4.78. The predicted molar refractivity (Wildman–Crippen MR) is 54.7 cm³/mol. The van der Waals surface area contributed by atoms with Gasteiger partial charge in [-0.15, -0.1) is 0 Å². The summed E-state index contributed by atoms with van der Waals surface area (Å²) in [6.45, 7) is 2.09. The van der Waals surface area contributed by atoms with Crippen molar-refractivity contribution in [1.82, 2.24) is 9.78 Å². The van der Waals surface area contributed by atoms with E-state index in [-0.39, 0.29) is 17.6 Å². The highest BCUT2D eigenvalue weighted by molar-refractivity contribution is 5.86. The van der Waals surface area contributed by atoms with E-state index in [0.717, 1.165) is 0 Å². The maximum atomic E-state index is 11.2. The van der Waals surface area contributed by atoms with Gasteiger partial charge < -0.3 is 9.47 Å². The molecule has 1 rings (SSSR count). The molecule has 0 saturated carbocycles. The fourth-order valence-electron chi connectivity index (χ4n) is 1.23. The average Bonchev–Trinajstić information content (AvgIpc) is 2.75. The Bertz CT molecular complexity index is 386. The van der Waals surface area contributed by atoms with Crippen LogP contribution in [0.3, 0.4) is 0 Å². The van der Waals surface area contributed by atoms with Crippen molar-refractivity contribution in [3.63, 3.8) is 0 Å². The lowest BCUT2D eigenvalue weighted by Crippen LogP contribution is -2.19. The van der Waals surface area contributed by atoms with Crippen LogP contribution in [0.25, 0.3) is 0 Å². The maximum Gasteiger partial charge on any atom is 0.358 e. The van der Waals surface area contributed by atoms with E-state index < -0.39 is 5.97 Å². The highest BCUT2D eigenvalue weighted by Crippen LogP contribution is 2.04. The van der Waals surface area contributed by atoms with Crippen LogP contribution in [-0.4, -0.2) is 35.9 Å². The molecule has 6 heteroatoms. The van der Waals surface area contributed by atoms with Gasteiger partial charge in [-0.1, -0.05) is 6.92 Å². The summed E-state index contributed by atoms with van der Waals surface area (Å²) >= 11 is 0. The standard InChI is InChI=1S/C10H14N2O4/c1-7(9(13)15-2)6-12-5-4-8(11-12)10(14)16-3/h4-5,7H,6H2,1-3H3/t7-/m1/s1. The van der Waals surface area contributed by atoms with Gasteiger partial charge in [0.15, 0.2) is 5.69 Å². The highest BCUT2D eigenvalue weighted by Gasteiger charge is 2.15. The first kappa shape index (κ1) is 12.2. The minimum Gasteiger partial charge on any atom is -0.469 e. The Labute approximate surface area is 93.1 Å². The third kappa shape index (κ3) is 2.82. The van der Waals surface area contributed by atoms with Crippen molar-refractivity contribution in [3.05, 3.63) is 18.0 Å². The van der Waals surface area contributed by atoms with Crippen molar-refractivity contribution in [2.45, 2.75) is 13.5 Å². The van der Waals surface area contributed by atoms with Crippen molar-refractivity contribution < 1.29 is 19.1 Å². The van der Waals surface area contributed by atoms with E-state index in [1.165, 1.54) is 25.0 Å². The molecule has 0 radical (unpaired) electrons. The molecule has 0 saturated heterocycles. The summed E-state index contributed by atoms with van der Waals surface area (Å²) < 4.78 is 10.6. The van der Waals surface area contributed by atoms with Crippen LogP contribution in [0.2, 0.25) is 0 Å². The van der Waals surface area contributed by atoms with Crippen molar-refractivity contribution in [2.24, 2.45) is 5.92 Å². The van der Waals surface area contributed by atoms with Crippen molar-refractivity contribution in [1.29, 1.82) is 0 Å². The number of carbonyl (C=O) groups is 2. The summed E-state index contributed by atoms with van der Waals surface area (Å²) in [7, 11) is 2.63. The molecule has 0 spiro atoms. The molecule has 0 aromatic carbocycles. The van der Waals surface area contributed by atoms with E-state index in [9.17, 15) is 9.59 Å². The largest absolute Gasteiger partial charge is 0.469 e. The molecule has 0 aliphatic rings. The van der Waals surface area contributed by atoms with Gasteiger partial charge in [-0.05, 0) is 6.07 Å². The zero-order chi connectivity index (χ0) is 12.1. The van der Waals surface area contributed by atoms with Gasteiger partial charge in [0.25, 0.3) is 0 Å². The summed E-state index contributed by atoms with van der Waals surface area (Å²) in [6, 6.07) is 1.54. The van der Waals surface area contributed by atoms with Gasteiger partial charge in [-0.25, -0.2) is 4.79 Å². The molecule has 0 bridgehead atoms. The Kier molecular flexibility index (Phi) is 4.04. The van der Waals surface area contributed by atoms with Crippen LogP contribution in [0.1, 0.15) is 17.4 Å². The molecule has 0 aliphatic carbocycles. The van der Waals surface area contributed by atoms with Crippen LogP contribution < -0.4 is 0 Å². The number of hydrogen-bond acceptors (Lipinski definition) is 5. The Morgan fingerprint density at radius 1 is 1.44 bits per heavy atom. The normalized spacial score (nSPS) is 11.9. The Morgan fingerprint density at radius 2 is 2.12 bits per heavy atom. The topological polar surface area (TPSA) is 70.4 Å². The monoisotopic (exact) mass is 226 g/mol. The molecule has 0 N–H and O–H groups in total. The molecule has 0 unspecified atom stereocenters. The third-order valence-electron chi connectivity index (χ3n) is 2.10. The number of carbonyl (C=O) groups excluding carboxylic acids is 2. The lowest BCUT2D eigenvalue weighted by atomic mass is 10.2. The van der Waals surface area contributed by atoms with Gasteiger partial charge in [0.2, 0.25) is 0 Å². The Balaban J connectivity index is 2.65. The number of methoxy groups -OCH3 is 2. The van der Waals surface area contributed by atoms with Crippen LogP contribution in [-0.2, 0) is 20.8 Å². The average molecular weight is 226 g/mol. The summed E-state index contributed by atoms with van der Waals surface area (Å²) in [5.41, 5.74) is 0.222. The molecule has 1 aromatic heterocycles. The first-order chi connectivity index (χ1) is 7.58. The van der Waals surface area contributed by atoms with Crippen LogP contribution in [0.5, 0.6) is 0 Å². The predicted octanol–water partition coefficient (Wildman–Crippen LogP) is 0.479. The van der Waals surface area contributed by atoms with E-state index in [1.807, 2.05) is 0 Å². The zero-order valence-corrected chi connectivity index (χ0v) is 9.47. The number of aromatic nitrogens is 2. The molecular weight excluding hydrogens is 212 g/mol. The lowest BCUT2D eigenvalue weighted by Gasteiger charge is -2.08. The van der Waals surface area contributed by atoms with Crippen LogP contribution in [0, 0.1) is 5.92 Å². The van der Waals surface area contributed by atoms with Crippen molar-refractivity contribution in [2.75, 3.05) is 14.2 Å². The fraction of sp³-hybridized carbons (Fsp3) is 0.500. The fourth-order valence-corrected chi connectivity index (χ4v) is 1.23. The van der Waals surface area contributed by atoms with Crippen LogP contribution >= 0.6 is 0 Å². The van der Waals surface area contributed by atoms with Gasteiger partial charge in [0.1, 0.15) is 0 Å². The minimum absolute atomic E-state index is 0.222. The molecule has 1 heterocycles. The molecule has 1 aromatic rings. The van der Waals surface area contributed by atoms with E-state index in [1.54, 1.807) is 13.1 Å². The first-order valence-electron chi connectivity index (χ1n) is 4.78. The molecule has 88 valence electrons. The van der Waals surface area contributed by atoms with E-state index in [4.69, 9.17) is 0 Å². The molecule has 16 heavy (non-hydrogen) atoms. The smallest absolute Gasteiger partial charge is 0.358 e. The second-order valence-corrected chi connectivity index (χ2v) is 3.34. The summed E-state index contributed by atoms with van der Waals surface area (Å²) in [4.78, 5) is 22.3. The maximum absolute atomic E-state index is 11.2. The SMILES string of the molecule is COC(=O)c1ccn(C[C@@H](C)C(=O)OC)n1. The summed E-state index contributed by atoms with van der Waals surface area (Å²) in [6.07, 6.45) is 1.62. The highest BCUT2D eigenvalue weighted by atomic mass is 16.5. The molecule has 1 atom stereocenters. The van der Waals surface area contributed by atoms with E-state index >= 15 is 0 Å². The van der Waals surface area contributed by atoms with E-state index in [0.29, 0.717) is 6.54 Å². The number of hydrogen-bond donors (Lipinski definition) is 0. The Hall–Kier alpha value is -1.85. The summed E-state index contributed by atoms with van der Waals surface area (Å²) in [5, 5.41) is 3.97. The number of ether oxygens (including phenoxy) is 2. The quantitative estimate of drug-likeness (QED) is 0.698. The minimum atomic E-state index is -0.496. The number of nitrogens with zero attached hydrogens (tertiary/aromatic N) is 2. The number of rotatable bonds is 4. The van der Waals surface area contributed by atoms with Gasteiger partial charge in [0, 0.05) is 6.20 Å². The molecular formula is C10H14N2O4. The van der Waals surface area contributed by atoms with Crippen LogP contribution in [0.15, 0.2) is 12.3 Å². The van der Waals surface area contributed by atoms with Gasteiger partial charge in [-0.3, -0.25) is 9.48 Å². The van der Waals surface area contributed by atoms with Crippen LogP contribution in [0.4, 0.5) is 0 Å². The molecule has 0 aliphatic heterocycles. The van der Waals surface area contributed by atoms with Crippen molar-refractivity contribution >= 4 is 11.9 Å². The zero-order valence-electron chi connectivity index (χ0n) is 9.47. The molecule has 0 amide bonds. The summed E-state index contributed by atoms with van der Waals surface area (Å²) in [5.74, 6) is -1.12. The Morgan fingerprint density at radius 3 is 2.69 bits per heavy atom. The third-order valence-corrected chi connectivity index (χ3v) is 2.10. The van der Waals surface area contributed by atoms with E-state index in [2.05, 4.69) is 14.6 Å². The van der Waals surface area contributed by atoms with Crippen molar-refractivity contribution in [3.8, 4) is 0 Å². The van der Waals surface area contributed by atoms with Gasteiger partial charge in [-0.2, -0.15) is 5.10 Å². The van der Waals surface area contributed by atoms with Gasteiger partial charge in [0.05, 0.1) is 26.7 Å². The second-order valence-electron chi connectivity index (χ2n) is 3.34.